The first kappa shape index (κ1) is 11.2. The van der Waals surface area contributed by atoms with Gasteiger partial charge in [-0.3, -0.25) is 4.79 Å². The number of hydrogen-bond donors (Lipinski definition) is 1. The second kappa shape index (κ2) is 5.70. The second-order valence-electron chi connectivity index (χ2n) is 4.08. The minimum atomic E-state index is -0.128. The summed E-state index contributed by atoms with van der Waals surface area (Å²) in [5, 5.41) is 2.86. The van der Waals surface area contributed by atoms with E-state index < -0.39 is 0 Å². The molecule has 2 heterocycles. The number of hydrogen-bond acceptors (Lipinski definition) is 3. The lowest BCUT2D eigenvalue weighted by atomic mass is 9.97. The van der Waals surface area contributed by atoms with Crippen LogP contribution in [0.4, 0.5) is 0 Å². The normalized spacial score (nSPS) is 17.2. The molecule has 4 nitrogen and oxygen atoms in total. The molecule has 1 amide bonds. The minimum absolute atomic E-state index is 0.128. The Morgan fingerprint density at radius 3 is 2.94 bits per heavy atom. The van der Waals surface area contributed by atoms with Gasteiger partial charge in [0.15, 0.2) is 5.76 Å². The summed E-state index contributed by atoms with van der Waals surface area (Å²) < 4.78 is 10.3. The van der Waals surface area contributed by atoms with Gasteiger partial charge in [-0.05, 0) is 37.3 Å². The average molecular weight is 223 g/mol. The Balaban J connectivity index is 1.66. The first-order chi connectivity index (χ1) is 7.86. The number of amides is 1. The van der Waals surface area contributed by atoms with Crippen molar-refractivity contribution in [3.05, 3.63) is 24.2 Å². The zero-order chi connectivity index (χ0) is 11.2. The quantitative estimate of drug-likeness (QED) is 0.847. The zero-order valence-corrected chi connectivity index (χ0v) is 9.28. The van der Waals surface area contributed by atoms with Crippen molar-refractivity contribution in [3.8, 4) is 0 Å². The molecule has 1 N–H and O–H groups in total. The van der Waals surface area contributed by atoms with Crippen LogP contribution in [0.5, 0.6) is 0 Å². The third-order valence-electron chi connectivity index (χ3n) is 2.92. The van der Waals surface area contributed by atoms with E-state index in [9.17, 15) is 4.79 Å². The summed E-state index contributed by atoms with van der Waals surface area (Å²) in [6.45, 7) is 2.43. The summed E-state index contributed by atoms with van der Waals surface area (Å²) >= 11 is 0. The van der Waals surface area contributed by atoms with Crippen LogP contribution in [0.1, 0.15) is 29.8 Å². The fourth-order valence-electron chi connectivity index (χ4n) is 1.92. The van der Waals surface area contributed by atoms with E-state index in [1.165, 1.54) is 6.26 Å². The molecule has 1 aliphatic heterocycles. The molecule has 0 aliphatic carbocycles. The lowest BCUT2D eigenvalue weighted by molar-refractivity contribution is 0.0635. The molecule has 0 unspecified atom stereocenters. The smallest absolute Gasteiger partial charge is 0.286 e. The summed E-state index contributed by atoms with van der Waals surface area (Å²) in [4.78, 5) is 11.5. The van der Waals surface area contributed by atoms with Crippen molar-refractivity contribution in [2.45, 2.75) is 19.3 Å². The molecule has 1 saturated heterocycles. The molecule has 1 aromatic heterocycles. The predicted octanol–water partition coefficient (Wildman–Crippen LogP) is 1.83. The number of furan rings is 1. The van der Waals surface area contributed by atoms with Gasteiger partial charge >= 0.3 is 0 Å². The van der Waals surface area contributed by atoms with Crippen LogP contribution in [-0.4, -0.2) is 25.7 Å². The SMILES string of the molecule is O=C(NCCC1CCOCC1)c1ccco1. The van der Waals surface area contributed by atoms with Gasteiger partial charge in [-0.1, -0.05) is 0 Å². The summed E-state index contributed by atoms with van der Waals surface area (Å²) in [5.41, 5.74) is 0. The minimum Gasteiger partial charge on any atom is -0.459 e. The Labute approximate surface area is 95.0 Å². The van der Waals surface area contributed by atoms with Gasteiger partial charge in [-0.2, -0.15) is 0 Å². The van der Waals surface area contributed by atoms with E-state index in [4.69, 9.17) is 9.15 Å². The molecular weight excluding hydrogens is 206 g/mol. The monoisotopic (exact) mass is 223 g/mol. The number of ether oxygens (including phenoxy) is 1. The van der Waals surface area contributed by atoms with Gasteiger partial charge in [-0.15, -0.1) is 0 Å². The molecule has 1 fully saturated rings. The number of carbonyl (C=O) groups is 1. The van der Waals surface area contributed by atoms with Gasteiger partial charge < -0.3 is 14.5 Å². The van der Waals surface area contributed by atoms with E-state index in [0.29, 0.717) is 18.2 Å². The Hall–Kier alpha value is -1.29. The standard InChI is InChI=1S/C12H17NO3/c14-12(11-2-1-7-16-11)13-6-3-10-4-8-15-9-5-10/h1-2,7,10H,3-6,8-9H2,(H,13,14). The Kier molecular flexibility index (Phi) is 3.99. The highest BCUT2D eigenvalue weighted by Gasteiger charge is 2.14. The highest BCUT2D eigenvalue weighted by atomic mass is 16.5. The molecule has 2 rings (SSSR count). The van der Waals surface area contributed by atoms with Gasteiger partial charge in [0.05, 0.1) is 6.26 Å². The molecular formula is C12H17NO3. The summed E-state index contributed by atoms with van der Waals surface area (Å²) in [6.07, 6.45) is 4.75. The van der Waals surface area contributed by atoms with Crippen LogP contribution in [0.2, 0.25) is 0 Å². The molecule has 0 aromatic carbocycles. The Morgan fingerprint density at radius 2 is 2.25 bits per heavy atom. The summed E-state index contributed by atoms with van der Waals surface area (Å²) in [5.74, 6) is 0.940. The van der Waals surface area contributed by atoms with Crippen LogP contribution in [0.25, 0.3) is 0 Å². The van der Waals surface area contributed by atoms with Crippen LogP contribution < -0.4 is 5.32 Å². The highest BCUT2D eigenvalue weighted by molar-refractivity contribution is 5.91. The summed E-state index contributed by atoms with van der Waals surface area (Å²) in [7, 11) is 0. The van der Waals surface area contributed by atoms with Crippen LogP contribution >= 0.6 is 0 Å². The number of carbonyl (C=O) groups excluding carboxylic acids is 1. The van der Waals surface area contributed by atoms with Crippen LogP contribution in [0, 0.1) is 5.92 Å². The fraction of sp³-hybridized carbons (Fsp3) is 0.583. The van der Waals surface area contributed by atoms with Crippen molar-refractivity contribution in [1.82, 2.24) is 5.32 Å². The van der Waals surface area contributed by atoms with Crippen molar-refractivity contribution in [2.75, 3.05) is 19.8 Å². The van der Waals surface area contributed by atoms with Gasteiger partial charge in [0.1, 0.15) is 0 Å². The van der Waals surface area contributed by atoms with E-state index in [2.05, 4.69) is 5.32 Å². The van der Waals surface area contributed by atoms with E-state index in [-0.39, 0.29) is 5.91 Å². The molecule has 0 bridgehead atoms. The van der Waals surface area contributed by atoms with E-state index in [1.54, 1.807) is 12.1 Å². The van der Waals surface area contributed by atoms with Gasteiger partial charge in [0.2, 0.25) is 0 Å². The third-order valence-corrected chi connectivity index (χ3v) is 2.92. The molecule has 0 saturated carbocycles. The number of rotatable bonds is 4. The van der Waals surface area contributed by atoms with Crippen molar-refractivity contribution in [3.63, 3.8) is 0 Å². The van der Waals surface area contributed by atoms with Crippen LogP contribution in [0.3, 0.4) is 0 Å². The van der Waals surface area contributed by atoms with E-state index in [0.717, 1.165) is 32.5 Å². The maximum atomic E-state index is 11.5. The number of nitrogens with one attached hydrogen (secondary N) is 1. The van der Waals surface area contributed by atoms with E-state index in [1.807, 2.05) is 0 Å². The van der Waals surface area contributed by atoms with Crippen molar-refractivity contribution < 1.29 is 13.9 Å². The Bertz CT molecular complexity index is 315. The van der Waals surface area contributed by atoms with Crippen LogP contribution in [0.15, 0.2) is 22.8 Å². The molecule has 88 valence electrons. The third kappa shape index (κ3) is 3.10. The van der Waals surface area contributed by atoms with Crippen LogP contribution in [-0.2, 0) is 4.74 Å². The van der Waals surface area contributed by atoms with Gasteiger partial charge in [-0.25, -0.2) is 0 Å². The molecule has 16 heavy (non-hydrogen) atoms. The maximum Gasteiger partial charge on any atom is 0.286 e. The van der Waals surface area contributed by atoms with Gasteiger partial charge in [0, 0.05) is 19.8 Å². The van der Waals surface area contributed by atoms with Crippen molar-refractivity contribution in [2.24, 2.45) is 5.92 Å². The molecule has 0 spiro atoms. The summed E-state index contributed by atoms with van der Waals surface area (Å²) in [6, 6.07) is 3.39. The molecule has 0 atom stereocenters. The topological polar surface area (TPSA) is 51.5 Å². The molecule has 1 aliphatic rings. The van der Waals surface area contributed by atoms with Gasteiger partial charge in [0.25, 0.3) is 5.91 Å². The molecule has 1 aromatic rings. The largest absolute Gasteiger partial charge is 0.459 e. The lowest BCUT2D eigenvalue weighted by Gasteiger charge is -2.21. The average Bonchev–Trinajstić information content (AvgIpc) is 2.84. The first-order valence-electron chi connectivity index (χ1n) is 5.75. The predicted molar refractivity (Wildman–Crippen MR) is 59.2 cm³/mol. The zero-order valence-electron chi connectivity index (χ0n) is 9.28. The lowest BCUT2D eigenvalue weighted by Crippen LogP contribution is -2.27. The fourth-order valence-corrected chi connectivity index (χ4v) is 1.92. The molecule has 0 radical (unpaired) electrons. The second-order valence-corrected chi connectivity index (χ2v) is 4.08. The van der Waals surface area contributed by atoms with Crippen molar-refractivity contribution >= 4 is 5.91 Å². The Morgan fingerprint density at radius 1 is 1.44 bits per heavy atom. The maximum absolute atomic E-state index is 11.5. The highest BCUT2D eigenvalue weighted by Crippen LogP contribution is 2.17. The van der Waals surface area contributed by atoms with E-state index >= 15 is 0 Å². The van der Waals surface area contributed by atoms with Crippen molar-refractivity contribution in [1.29, 1.82) is 0 Å². The first-order valence-corrected chi connectivity index (χ1v) is 5.75. The molecule has 4 heteroatoms.